The van der Waals surface area contributed by atoms with Crippen molar-refractivity contribution in [2.75, 3.05) is 0 Å². The topological polar surface area (TPSA) is 145 Å². The molecule has 0 amide bonds. The van der Waals surface area contributed by atoms with E-state index in [-0.39, 0.29) is 142 Å². The van der Waals surface area contributed by atoms with Gasteiger partial charge in [0.05, 0.1) is 0 Å². The Kier molecular flexibility index (Phi) is 21.5. The van der Waals surface area contributed by atoms with Gasteiger partial charge in [0.1, 0.15) is 27.1 Å². The summed E-state index contributed by atoms with van der Waals surface area (Å²) in [6, 6.07) is 12.6. The molecule has 2 rings (SSSR count). The number of hydrogen-bond donors (Lipinski definition) is 0. The second kappa shape index (κ2) is 17.7. The summed E-state index contributed by atoms with van der Waals surface area (Å²) in [5.41, 5.74) is 1.88. The Morgan fingerprint density at radius 2 is 0.875 bits per heavy atom. The molecule has 0 fully saturated rings. The predicted molar refractivity (Wildman–Crippen MR) is 95.4 cm³/mol. The van der Waals surface area contributed by atoms with Crippen molar-refractivity contribution < 1.29 is 156 Å². The molecule has 0 N–H and O–H groups in total. The molecule has 14 heteroatoms. The average Bonchev–Trinajstić information content (AvgIpc) is 2.59. The fourth-order valence-corrected chi connectivity index (χ4v) is 4.07. The molecule has 0 aliphatic carbocycles. The Hall–Kier alpha value is 2.34. The molecule has 0 radical (unpaired) electrons. The first-order valence-corrected chi connectivity index (χ1v) is 11.6. The molecule has 2 aromatic carbocycles. The minimum absolute atomic E-state index is 0. The van der Waals surface area contributed by atoms with Gasteiger partial charge in [-0.3, -0.25) is 0 Å². The fourth-order valence-electron chi connectivity index (χ4n) is 3.32. The summed E-state index contributed by atoms with van der Waals surface area (Å²) < 4.78 is 30.1. The van der Waals surface area contributed by atoms with Gasteiger partial charge >= 0.3 is 118 Å². The Balaban J connectivity index is -0.00000210. The van der Waals surface area contributed by atoms with Gasteiger partial charge < -0.3 is 37.8 Å². The zero-order valence-electron chi connectivity index (χ0n) is 19.3. The van der Waals surface area contributed by atoms with E-state index in [0.717, 1.165) is 24.0 Å². The van der Waals surface area contributed by atoms with Crippen LogP contribution in [0.5, 0.6) is 11.5 Å². The number of phosphoric ester groups is 2. The molecule has 0 spiro atoms. The summed E-state index contributed by atoms with van der Waals surface area (Å²) >= 11 is 0. The van der Waals surface area contributed by atoms with Crippen LogP contribution in [-0.4, -0.2) is 0 Å². The van der Waals surface area contributed by atoms with Crippen LogP contribution in [0.1, 0.15) is 49.7 Å². The fraction of sp³-hybridized carbons (Fsp3) is 0.333. The third-order valence-electron chi connectivity index (χ3n) is 4.42. The molecule has 32 heavy (non-hydrogen) atoms. The summed E-state index contributed by atoms with van der Waals surface area (Å²) in [6.07, 6.45) is 1.57. The standard InChI is InChI=1S/C18H24O8P2.4Na/c1-3-17(13-5-9-15(10-6-13)25-27(19,20)21)18(4-2)14-7-11-16(12-8-14)26-28(22,23)24;;;;/h5-12,17-18H,3-4H2,1-2H3,(H2,19,20,21)(H2,22,23,24);;;;/q;4*+1/p-4. The zero-order chi connectivity index (χ0) is 20.9. The van der Waals surface area contributed by atoms with Gasteiger partial charge in [-0.2, -0.15) is 0 Å². The smallest absolute Gasteiger partial charge is 0.780 e. The van der Waals surface area contributed by atoms with Crippen molar-refractivity contribution >= 4 is 15.6 Å². The average molecular weight is 518 g/mol. The van der Waals surface area contributed by atoms with E-state index in [0.29, 0.717) is 0 Å². The number of hydrogen-bond acceptors (Lipinski definition) is 8. The van der Waals surface area contributed by atoms with Gasteiger partial charge in [-0.05, 0) is 60.1 Å². The van der Waals surface area contributed by atoms with Crippen LogP contribution in [0.15, 0.2) is 48.5 Å². The van der Waals surface area contributed by atoms with Crippen LogP contribution in [0.3, 0.4) is 0 Å². The largest absolute Gasteiger partial charge is 1.00 e. The first kappa shape index (κ1) is 38.9. The van der Waals surface area contributed by atoms with Crippen LogP contribution in [0.4, 0.5) is 0 Å². The van der Waals surface area contributed by atoms with Crippen LogP contribution in [0, 0.1) is 0 Å². The molecule has 0 bridgehead atoms. The summed E-state index contributed by atoms with van der Waals surface area (Å²) in [4.78, 5) is 42.9. The monoisotopic (exact) mass is 518 g/mol. The Bertz CT molecular complexity index is 798. The van der Waals surface area contributed by atoms with Crippen LogP contribution in [-0.2, 0) is 9.13 Å². The molecule has 154 valence electrons. The van der Waals surface area contributed by atoms with Crippen LogP contribution < -0.4 is 147 Å². The third kappa shape index (κ3) is 13.6. The molecule has 2 unspecified atom stereocenters. The minimum atomic E-state index is -5.10. The summed E-state index contributed by atoms with van der Waals surface area (Å²) in [5.74, 6) is 0.0896. The molecule has 2 atom stereocenters. The maximum absolute atomic E-state index is 10.7. The minimum Gasteiger partial charge on any atom is -0.780 e. The molecule has 2 aromatic rings. The maximum Gasteiger partial charge on any atom is 1.00 e. The van der Waals surface area contributed by atoms with Crippen molar-refractivity contribution in [3.05, 3.63) is 59.7 Å². The molecule has 0 saturated carbocycles. The number of benzene rings is 2. The van der Waals surface area contributed by atoms with Gasteiger partial charge in [-0.15, -0.1) is 0 Å². The van der Waals surface area contributed by atoms with E-state index in [2.05, 4.69) is 9.05 Å². The quantitative estimate of drug-likeness (QED) is 0.235. The van der Waals surface area contributed by atoms with Crippen LogP contribution in [0.2, 0.25) is 0 Å². The van der Waals surface area contributed by atoms with Gasteiger partial charge in [0, 0.05) is 0 Å². The van der Waals surface area contributed by atoms with Crippen LogP contribution >= 0.6 is 15.6 Å². The van der Waals surface area contributed by atoms with E-state index in [9.17, 15) is 28.7 Å². The summed E-state index contributed by atoms with van der Waals surface area (Å²) in [5, 5.41) is 0. The van der Waals surface area contributed by atoms with Crippen molar-refractivity contribution in [3.8, 4) is 11.5 Å². The Morgan fingerprint density at radius 3 is 1.06 bits per heavy atom. The van der Waals surface area contributed by atoms with Crippen molar-refractivity contribution in [2.45, 2.75) is 38.5 Å². The number of phosphoric acid groups is 2. The molecule has 0 heterocycles. The molecule has 0 aliphatic heterocycles. The van der Waals surface area contributed by atoms with Gasteiger partial charge in [0.2, 0.25) is 0 Å². The molecular weight excluding hydrogens is 498 g/mol. The van der Waals surface area contributed by atoms with E-state index in [4.69, 9.17) is 0 Å². The van der Waals surface area contributed by atoms with E-state index in [1.807, 2.05) is 13.8 Å². The zero-order valence-corrected chi connectivity index (χ0v) is 29.1. The van der Waals surface area contributed by atoms with Crippen molar-refractivity contribution in [1.29, 1.82) is 0 Å². The SMILES string of the molecule is CCC(c1ccc(OP(=O)([O-])[O-])cc1)C(CC)c1ccc(OP(=O)([O-])[O-])cc1.[Na+].[Na+].[Na+].[Na+]. The van der Waals surface area contributed by atoms with E-state index < -0.39 is 15.6 Å². The normalized spacial score (nSPS) is 12.6. The first-order chi connectivity index (χ1) is 13.0. The Morgan fingerprint density at radius 1 is 0.625 bits per heavy atom. The van der Waals surface area contributed by atoms with Crippen molar-refractivity contribution in [1.82, 2.24) is 0 Å². The van der Waals surface area contributed by atoms with Gasteiger partial charge in [0.25, 0.3) is 0 Å². The van der Waals surface area contributed by atoms with E-state index in [1.165, 1.54) is 24.3 Å². The third-order valence-corrected chi connectivity index (χ3v) is 5.29. The van der Waals surface area contributed by atoms with Gasteiger partial charge in [-0.25, -0.2) is 0 Å². The van der Waals surface area contributed by atoms with E-state index in [1.54, 1.807) is 24.3 Å². The van der Waals surface area contributed by atoms with Crippen molar-refractivity contribution in [3.63, 3.8) is 0 Å². The molecular formula is C18H20Na4O8P2. The molecule has 0 aromatic heterocycles. The molecule has 8 nitrogen and oxygen atoms in total. The maximum atomic E-state index is 10.7. The molecule has 0 saturated heterocycles. The predicted octanol–water partition coefficient (Wildman–Crippen LogP) is -10.2. The van der Waals surface area contributed by atoms with E-state index >= 15 is 0 Å². The summed E-state index contributed by atoms with van der Waals surface area (Å²) in [7, 11) is -10.2. The van der Waals surface area contributed by atoms with Crippen LogP contribution in [0.25, 0.3) is 0 Å². The summed E-state index contributed by atoms with van der Waals surface area (Å²) in [6.45, 7) is 4.04. The van der Waals surface area contributed by atoms with Gasteiger partial charge in [-0.1, -0.05) is 38.1 Å². The number of rotatable bonds is 9. The Labute approximate surface area is 277 Å². The van der Waals surface area contributed by atoms with Crippen molar-refractivity contribution in [2.24, 2.45) is 0 Å². The van der Waals surface area contributed by atoms with Gasteiger partial charge in [0.15, 0.2) is 0 Å². The second-order valence-electron chi connectivity index (χ2n) is 6.24. The molecule has 0 aliphatic rings. The first-order valence-electron chi connectivity index (χ1n) is 8.65. The second-order valence-corrected chi connectivity index (χ2v) is 8.40.